The third kappa shape index (κ3) is 5.10. The van der Waals surface area contributed by atoms with E-state index in [0.29, 0.717) is 22.0 Å². The van der Waals surface area contributed by atoms with E-state index in [2.05, 4.69) is 116 Å². The molecule has 0 aliphatic heterocycles. The van der Waals surface area contributed by atoms with Gasteiger partial charge in [-0.1, -0.05) is 153 Å². The van der Waals surface area contributed by atoms with Crippen LogP contribution >= 0.6 is 0 Å². The molecule has 0 amide bonds. The molecule has 0 bridgehead atoms. The lowest BCUT2D eigenvalue weighted by Crippen LogP contribution is -2.16. The minimum atomic E-state index is -0.323. The molecule has 9 aromatic rings. The molecule has 1 heterocycles. The van der Waals surface area contributed by atoms with Crippen LogP contribution in [0.4, 0.5) is 17.1 Å². The van der Waals surface area contributed by atoms with E-state index in [9.17, 15) is 2.74 Å². The predicted molar refractivity (Wildman–Crippen MR) is 222 cm³/mol. The summed E-state index contributed by atoms with van der Waals surface area (Å²) in [6.07, 6.45) is 0. The Morgan fingerprint density at radius 1 is 0.491 bits per heavy atom. The van der Waals surface area contributed by atoms with Crippen LogP contribution in [0, 0.1) is 0 Å². The van der Waals surface area contributed by atoms with Gasteiger partial charge in [-0.2, -0.15) is 0 Å². The molecular formula is C51H37NO. The molecule has 0 spiro atoms. The number of hydrogen-bond acceptors (Lipinski definition) is 2. The van der Waals surface area contributed by atoms with Crippen molar-refractivity contribution >= 4 is 39.0 Å². The Hall–Kier alpha value is -6.64. The maximum Gasteiger partial charge on any atom is 0.137 e. The van der Waals surface area contributed by atoms with Gasteiger partial charge in [0.25, 0.3) is 0 Å². The second-order valence-corrected chi connectivity index (χ2v) is 14.2. The molecule has 0 saturated carbocycles. The fourth-order valence-electron chi connectivity index (χ4n) is 8.13. The zero-order valence-electron chi connectivity index (χ0n) is 33.4. The SMILES string of the molecule is [2H]c1c([2H])c(N(c2ccc(-c3ccccc3)cc2)c2cccc3c2-c2cc(-c4ccccc4)ccc2C3(C)C)c2c(oc3c([2H])cc(-c4ccccc4)cc32)c1[2H]. The second kappa shape index (κ2) is 12.3. The molecule has 0 fully saturated rings. The molecule has 252 valence electrons. The van der Waals surface area contributed by atoms with Gasteiger partial charge in [-0.15, -0.1) is 0 Å². The van der Waals surface area contributed by atoms with E-state index in [1.807, 2.05) is 60.7 Å². The molecular weight excluding hydrogens is 643 g/mol. The summed E-state index contributed by atoms with van der Waals surface area (Å²) >= 11 is 0. The molecule has 1 aromatic heterocycles. The number of benzene rings is 8. The molecule has 53 heavy (non-hydrogen) atoms. The maximum absolute atomic E-state index is 9.74. The van der Waals surface area contributed by atoms with Gasteiger partial charge in [0.1, 0.15) is 11.2 Å². The molecule has 2 nitrogen and oxygen atoms in total. The van der Waals surface area contributed by atoms with Gasteiger partial charge >= 0.3 is 0 Å². The predicted octanol–water partition coefficient (Wildman–Crippen LogP) is 14.4. The third-order valence-corrected chi connectivity index (χ3v) is 10.8. The first kappa shape index (κ1) is 27.1. The zero-order chi connectivity index (χ0) is 39.0. The van der Waals surface area contributed by atoms with E-state index in [4.69, 9.17) is 7.16 Å². The summed E-state index contributed by atoms with van der Waals surface area (Å²) in [4.78, 5) is 2.09. The topological polar surface area (TPSA) is 16.4 Å². The van der Waals surface area contributed by atoms with Crippen molar-refractivity contribution < 1.29 is 9.90 Å². The molecule has 10 rings (SSSR count). The fourth-order valence-corrected chi connectivity index (χ4v) is 8.13. The van der Waals surface area contributed by atoms with Crippen molar-refractivity contribution in [3.63, 3.8) is 0 Å². The number of furan rings is 1. The quantitative estimate of drug-likeness (QED) is 0.173. The van der Waals surface area contributed by atoms with E-state index in [0.717, 1.165) is 61.4 Å². The molecule has 0 radical (unpaired) electrons. The summed E-state index contributed by atoms with van der Waals surface area (Å²) < 4.78 is 43.6. The minimum Gasteiger partial charge on any atom is -0.456 e. The first-order valence-corrected chi connectivity index (χ1v) is 18.0. The largest absolute Gasteiger partial charge is 0.456 e. The standard InChI is InChI=1S/C51H37NO/c1-51(2)43-30-26-38(35-16-8-4-9-17-35)32-41(43)49-44(51)20-12-21-45(49)52(40-28-24-37(25-29-40)34-14-6-3-7-15-34)46-22-13-23-48-50(46)42-33-39(27-31-47(42)53-48)36-18-10-5-11-19-36/h3-33H,1-2H3/i13D,22D,23D,31D. The van der Waals surface area contributed by atoms with Gasteiger partial charge in [-0.3, -0.25) is 0 Å². The molecule has 0 unspecified atom stereocenters. The van der Waals surface area contributed by atoms with Crippen molar-refractivity contribution in [2.24, 2.45) is 0 Å². The monoisotopic (exact) mass is 683 g/mol. The average molecular weight is 684 g/mol. The van der Waals surface area contributed by atoms with Crippen molar-refractivity contribution in [2.45, 2.75) is 19.3 Å². The van der Waals surface area contributed by atoms with E-state index in [-0.39, 0.29) is 35.2 Å². The van der Waals surface area contributed by atoms with E-state index >= 15 is 0 Å². The van der Waals surface area contributed by atoms with Gasteiger partial charge in [-0.25, -0.2) is 0 Å². The van der Waals surface area contributed by atoms with Crippen molar-refractivity contribution in [1.82, 2.24) is 0 Å². The molecule has 0 N–H and O–H groups in total. The highest BCUT2D eigenvalue weighted by Gasteiger charge is 2.38. The zero-order valence-corrected chi connectivity index (χ0v) is 29.4. The number of nitrogens with zero attached hydrogens (tertiary/aromatic N) is 1. The van der Waals surface area contributed by atoms with E-state index < -0.39 is 0 Å². The fraction of sp³-hybridized carbons (Fsp3) is 0.0588. The summed E-state index contributed by atoms with van der Waals surface area (Å²) in [5.41, 5.74) is 12.9. The van der Waals surface area contributed by atoms with Gasteiger partial charge in [0, 0.05) is 22.1 Å². The van der Waals surface area contributed by atoms with Crippen LogP contribution in [0.5, 0.6) is 0 Å². The smallest absolute Gasteiger partial charge is 0.137 e. The second-order valence-electron chi connectivity index (χ2n) is 14.2. The number of anilines is 3. The van der Waals surface area contributed by atoms with Crippen LogP contribution in [0.2, 0.25) is 0 Å². The summed E-state index contributed by atoms with van der Waals surface area (Å²) in [7, 11) is 0. The molecule has 0 saturated heterocycles. The lowest BCUT2D eigenvalue weighted by atomic mass is 9.82. The van der Waals surface area contributed by atoms with Crippen molar-refractivity contribution in [3.05, 3.63) is 199 Å². The Morgan fingerprint density at radius 3 is 1.77 bits per heavy atom. The highest BCUT2D eigenvalue weighted by Crippen LogP contribution is 2.56. The highest BCUT2D eigenvalue weighted by atomic mass is 16.3. The molecule has 1 aliphatic rings. The summed E-state index contributed by atoms with van der Waals surface area (Å²) in [5, 5.41) is 1.15. The van der Waals surface area contributed by atoms with Crippen LogP contribution < -0.4 is 4.90 Å². The molecule has 0 atom stereocenters. The summed E-state index contributed by atoms with van der Waals surface area (Å²) in [6, 6.07) is 55.4. The van der Waals surface area contributed by atoms with Gasteiger partial charge in [-0.05, 0) is 98.5 Å². The van der Waals surface area contributed by atoms with Crippen molar-refractivity contribution in [3.8, 4) is 44.5 Å². The van der Waals surface area contributed by atoms with Gasteiger partial charge in [0.05, 0.1) is 22.2 Å². The van der Waals surface area contributed by atoms with Crippen molar-refractivity contribution in [1.29, 1.82) is 0 Å². The Balaban J connectivity index is 1.30. The molecule has 1 aliphatic carbocycles. The van der Waals surface area contributed by atoms with E-state index in [1.165, 1.54) is 5.56 Å². The maximum atomic E-state index is 9.74. The van der Waals surface area contributed by atoms with Crippen LogP contribution in [-0.4, -0.2) is 0 Å². The minimum absolute atomic E-state index is 0.0906. The van der Waals surface area contributed by atoms with Crippen LogP contribution in [0.3, 0.4) is 0 Å². The van der Waals surface area contributed by atoms with Gasteiger partial charge < -0.3 is 9.32 Å². The Morgan fingerprint density at radius 2 is 1.09 bits per heavy atom. The summed E-state index contributed by atoms with van der Waals surface area (Å²) in [6.45, 7) is 4.52. The van der Waals surface area contributed by atoms with Crippen LogP contribution in [0.25, 0.3) is 66.4 Å². The first-order valence-electron chi connectivity index (χ1n) is 20.0. The first-order chi connectivity index (χ1) is 27.7. The highest BCUT2D eigenvalue weighted by molar-refractivity contribution is 6.15. The lowest BCUT2D eigenvalue weighted by molar-refractivity contribution is 0.660. The number of rotatable bonds is 6. The number of hydrogen-bond donors (Lipinski definition) is 0. The molecule has 8 aromatic carbocycles. The third-order valence-electron chi connectivity index (χ3n) is 10.8. The van der Waals surface area contributed by atoms with Crippen molar-refractivity contribution in [2.75, 3.05) is 4.90 Å². The summed E-state index contributed by atoms with van der Waals surface area (Å²) in [5.74, 6) is 0. The Labute approximate surface area is 315 Å². The number of fused-ring (bicyclic) bond motifs is 6. The van der Waals surface area contributed by atoms with E-state index in [1.54, 1.807) is 6.07 Å². The molecule has 2 heteroatoms. The normalized spacial score (nSPS) is 13.9. The Bertz CT molecular complexity index is 3010. The van der Waals surface area contributed by atoms with Crippen LogP contribution in [0.15, 0.2) is 192 Å². The average Bonchev–Trinajstić information content (AvgIpc) is 3.75. The van der Waals surface area contributed by atoms with Crippen LogP contribution in [-0.2, 0) is 5.41 Å². The Kier molecular flexibility index (Phi) is 6.26. The van der Waals surface area contributed by atoms with Gasteiger partial charge in [0.2, 0.25) is 0 Å². The van der Waals surface area contributed by atoms with Gasteiger partial charge in [0.15, 0.2) is 0 Å². The van der Waals surface area contributed by atoms with Crippen LogP contribution in [0.1, 0.15) is 30.5 Å². The lowest BCUT2D eigenvalue weighted by Gasteiger charge is -2.29.